The Morgan fingerprint density at radius 3 is 2.20 bits per heavy atom. The maximum Gasteiger partial charge on any atom is 0.328 e. The Balaban J connectivity index is 0.000000533. The van der Waals surface area contributed by atoms with E-state index in [9.17, 15) is 14.4 Å². The molecule has 0 aliphatic carbocycles. The van der Waals surface area contributed by atoms with Crippen molar-refractivity contribution in [1.82, 2.24) is 30.0 Å². The van der Waals surface area contributed by atoms with Gasteiger partial charge in [-0.05, 0) is 49.6 Å². The summed E-state index contributed by atoms with van der Waals surface area (Å²) in [4.78, 5) is 47.2. The van der Waals surface area contributed by atoms with Crippen molar-refractivity contribution in [2.75, 3.05) is 7.05 Å². The molecule has 0 saturated carbocycles. The molecular weight excluding hydrogens is 594 g/mol. The van der Waals surface area contributed by atoms with E-state index in [1.165, 1.54) is 12.5 Å². The van der Waals surface area contributed by atoms with Crippen LogP contribution in [-0.4, -0.2) is 65.2 Å². The summed E-state index contributed by atoms with van der Waals surface area (Å²) >= 11 is 0. The second-order valence-electron chi connectivity index (χ2n) is 10.4. The first kappa shape index (κ1) is 32.9. The summed E-state index contributed by atoms with van der Waals surface area (Å²) in [5.41, 5.74) is 9.56. The smallest absolute Gasteiger partial charge is 0.328 e. The molecule has 1 amide bonds. The van der Waals surface area contributed by atoms with Crippen LogP contribution in [0.5, 0.6) is 0 Å². The molecule has 14 heteroatoms. The van der Waals surface area contributed by atoms with Crippen molar-refractivity contribution in [3.63, 3.8) is 0 Å². The van der Waals surface area contributed by atoms with Gasteiger partial charge in [-0.2, -0.15) is 0 Å². The molecule has 1 aromatic carbocycles. The zero-order valence-corrected chi connectivity index (χ0v) is 25.2. The molecule has 0 spiro atoms. The lowest BCUT2D eigenvalue weighted by Gasteiger charge is -2.20. The molecular formula is C32H31N7O7. The van der Waals surface area contributed by atoms with Crippen LogP contribution in [0, 0.1) is 6.92 Å². The van der Waals surface area contributed by atoms with Gasteiger partial charge < -0.3 is 29.7 Å². The summed E-state index contributed by atoms with van der Waals surface area (Å²) in [6, 6.07) is 16.9. The molecule has 0 unspecified atom stereocenters. The Morgan fingerprint density at radius 2 is 1.61 bits per heavy atom. The van der Waals surface area contributed by atoms with Crippen molar-refractivity contribution in [2.45, 2.75) is 32.4 Å². The summed E-state index contributed by atoms with van der Waals surface area (Å²) < 4.78 is 11.4. The molecule has 0 aliphatic rings. The maximum atomic E-state index is 13.4. The molecule has 4 N–H and O–H groups in total. The summed E-state index contributed by atoms with van der Waals surface area (Å²) in [6.07, 6.45) is 6.33. The molecule has 5 rings (SSSR count). The van der Waals surface area contributed by atoms with E-state index >= 15 is 0 Å². The quantitative estimate of drug-likeness (QED) is 0.188. The van der Waals surface area contributed by atoms with Crippen LogP contribution in [-0.2, 0) is 28.1 Å². The first-order valence-electron chi connectivity index (χ1n) is 13.8. The van der Waals surface area contributed by atoms with E-state index in [1.54, 1.807) is 30.3 Å². The zero-order chi connectivity index (χ0) is 33.3. The molecule has 14 nitrogen and oxygen atoms in total. The van der Waals surface area contributed by atoms with E-state index < -0.39 is 17.5 Å². The highest BCUT2D eigenvalue weighted by Crippen LogP contribution is 2.28. The molecule has 4 heterocycles. The molecule has 0 aliphatic heterocycles. The number of benzene rings is 1. The van der Waals surface area contributed by atoms with Gasteiger partial charge in [-0.3, -0.25) is 9.78 Å². The molecule has 46 heavy (non-hydrogen) atoms. The van der Waals surface area contributed by atoms with Crippen LogP contribution in [0.3, 0.4) is 0 Å². The van der Waals surface area contributed by atoms with Crippen molar-refractivity contribution in [3.8, 4) is 23.2 Å². The van der Waals surface area contributed by atoms with Crippen LogP contribution in [0.4, 0.5) is 0 Å². The number of nitrogens with two attached hydrogens (primary N) is 1. The number of pyridine rings is 2. The Labute approximate surface area is 263 Å². The van der Waals surface area contributed by atoms with Gasteiger partial charge in [-0.25, -0.2) is 19.6 Å². The minimum Gasteiger partial charge on any atom is -0.478 e. The number of aryl methyl sites for hydroxylation is 1. The zero-order valence-electron chi connectivity index (χ0n) is 25.2. The summed E-state index contributed by atoms with van der Waals surface area (Å²) in [5.74, 6) is -2.08. The van der Waals surface area contributed by atoms with Gasteiger partial charge in [-0.1, -0.05) is 36.4 Å². The Kier molecular flexibility index (Phi) is 10.5. The molecule has 4 aromatic heterocycles. The van der Waals surface area contributed by atoms with E-state index in [-0.39, 0.29) is 23.6 Å². The number of aromatic nitrogens is 5. The minimum atomic E-state index is -1.26. The van der Waals surface area contributed by atoms with Crippen LogP contribution in [0.1, 0.15) is 40.0 Å². The summed E-state index contributed by atoms with van der Waals surface area (Å²) in [6.45, 7) is 4.13. The number of aliphatic carboxylic acids is 2. The lowest BCUT2D eigenvalue weighted by molar-refractivity contribution is -0.134. The van der Waals surface area contributed by atoms with Crippen molar-refractivity contribution >= 4 is 17.8 Å². The van der Waals surface area contributed by atoms with Crippen LogP contribution < -0.4 is 5.73 Å². The number of rotatable bonds is 10. The van der Waals surface area contributed by atoms with Gasteiger partial charge in [0, 0.05) is 43.2 Å². The molecule has 0 radical (unpaired) electrons. The second kappa shape index (κ2) is 14.6. The molecule has 0 bridgehead atoms. The van der Waals surface area contributed by atoms with Gasteiger partial charge in [0.05, 0.1) is 11.7 Å². The van der Waals surface area contributed by atoms with E-state index in [0.29, 0.717) is 42.1 Å². The fourth-order valence-electron chi connectivity index (χ4n) is 4.18. The number of amides is 1. The first-order chi connectivity index (χ1) is 21.9. The Hall–Kier alpha value is -6.02. The third-order valence-corrected chi connectivity index (χ3v) is 6.38. The number of hydrogen-bond acceptors (Lipinski definition) is 11. The second-order valence-corrected chi connectivity index (χ2v) is 10.4. The average molecular weight is 626 g/mol. The van der Waals surface area contributed by atoms with Crippen molar-refractivity contribution in [2.24, 2.45) is 5.73 Å². The van der Waals surface area contributed by atoms with Gasteiger partial charge in [0.2, 0.25) is 11.8 Å². The molecule has 5 aromatic rings. The summed E-state index contributed by atoms with van der Waals surface area (Å²) in [5, 5.41) is 24.0. The highest BCUT2D eigenvalue weighted by molar-refractivity contribution is 5.95. The predicted molar refractivity (Wildman–Crippen MR) is 164 cm³/mol. The normalized spacial score (nSPS) is 12.2. The molecule has 1 atom stereocenters. The standard InChI is InChI=1S/C28H27N7O3.C4H4O4/c1-18-9-10-20(16-31-18)17-35(3)26(36)21-13-22(24-30-11-12-37-24)32-23(14-21)25-33-34-27(38-25)28(2,29)15-19-7-5-4-6-8-19;5-3(6)1-2-4(7)8/h4-14,16H,15,17,29H2,1-3H3;1-2H,(H,5,6)(H,7,8)/b;2-1+/t28-;/m1./s1. The molecule has 0 fully saturated rings. The van der Waals surface area contributed by atoms with Gasteiger partial charge in [0.25, 0.3) is 11.8 Å². The number of carboxylic acids is 2. The van der Waals surface area contributed by atoms with Crippen LogP contribution >= 0.6 is 0 Å². The number of carbonyl (C=O) groups is 3. The number of nitrogens with zero attached hydrogens (tertiary/aromatic N) is 6. The predicted octanol–water partition coefficient (Wildman–Crippen LogP) is 3.89. The van der Waals surface area contributed by atoms with Gasteiger partial charge in [0.15, 0.2) is 0 Å². The van der Waals surface area contributed by atoms with E-state index in [0.717, 1.165) is 16.8 Å². The highest BCUT2D eigenvalue weighted by Gasteiger charge is 2.29. The fourth-order valence-corrected chi connectivity index (χ4v) is 4.18. The topological polar surface area (TPSA) is 212 Å². The monoisotopic (exact) mass is 625 g/mol. The number of hydrogen-bond donors (Lipinski definition) is 3. The van der Waals surface area contributed by atoms with Crippen molar-refractivity contribution in [1.29, 1.82) is 0 Å². The van der Waals surface area contributed by atoms with Crippen LogP contribution in [0.15, 0.2) is 94.2 Å². The number of carboxylic acid groups (broad SMARTS) is 2. The van der Waals surface area contributed by atoms with Gasteiger partial charge in [0.1, 0.15) is 17.7 Å². The molecule has 0 saturated heterocycles. The first-order valence-corrected chi connectivity index (χ1v) is 13.8. The van der Waals surface area contributed by atoms with E-state index in [4.69, 9.17) is 24.8 Å². The molecule has 236 valence electrons. The van der Waals surface area contributed by atoms with Crippen LogP contribution in [0.25, 0.3) is 23.2 Å². The van der Waals surface area contributed by atoms with E-state index in [1.807, 2.05) is 56.3 Å². The third-order valence-electron chi connectivity index (χ3n) is 6.38. The Bertz CT molecular complexity index is 1800. The Morgan fingerprint density at radius 1 is 0.935 bits per heavy atom. The lowest BCUT2D eigenvalue weighted by atomic mass is 9.94. The average Bonchev–Trinajstić information content (AvgIpc) is 3.75. The third kappa shape index (κ3) is 9.00. The summed E-state index contributed by atoms with van der Waals surface area (Å²) in [7, 11) is 1.72. The van der Waals surface area contributed by atoms with Crippen molar-refractivity contribution < 1.29 is 33.4 Å². The fraction of sp³-hybridized carbons (Fsp3) is 0.188. The maximum absolute atomic E-state index is 13.4. The van der Waals surface area contributed by atoms with Crippen molar-refractivity contribution in [3.05, 3.63) is 114 Å². The highest BCUT2D eigenvalue weighted by atomic mass is 16.4. The lowest BCUT2D eigenvalue weighted by Crippen LogP contribution is -2.35. The number of oxazole rings is 1. The minimum absolute atomic E-state index is 0.137. The largest absolute Gasteiger partial charge is 0.478 e. The van der Waals surface area contributed by atoms with Gasteiger partial charge in [-0.15, -0.1) is 10.2 Å². The SMILES string of the molecule is Cc1ccc(CN(C)C(=O)c2cc(-c3ncco3)nc(-c3nnc([C@](C)(N)Cc4ccccc4)o3)c2)cn1.O=C(O)/C=C/C(=O)O. The van der Waals surface area contributed by atoms with Gasteiger partial charge >= 0.3 is 11.9 Å². The van der Waals surface area contributed by atoms with Crippen LogP contribution in [0.2, 0.25) is 0 Å². The number of carbonyl (C=O) groups excluding carboxylic acids is 1. The van der Waals surface area contributed by atoms with E-state index in [2.05, 4.69) is 25.1 Å².